The number of sulfone groups is 1. The van der Waals surface area contributed by atoms with Crippen LogP contribution in [0.3, 0.4) is 0 Å². The Morgan fingerprint density at radius 3 is 2.45 bits per heavy atom. The van der Waals surface area contributed by atoms with Crippen molar-refractivity contribution in [1.29, 1.82) is 0 Å². The van der Waals surface area contributed by atoms with Crippen LogP contribution in [0.5, 0.6) is 0 Å². The molecule has 0 aromatic heterocycles. The number of carbonyl (C=O) groups is 1. The van der Waals surface area contributed by atoms with Gasteiger partial charge in [0.15, 0.2) is 9.84 Å². The third kappa shape index (κ3) is 5.03. The van der Waals surface area contributed by atoms with E-state index in [1.807, 2.05) is 0 Å². The Hall–Kier alpha value is -1.84. The maximum absolute atomic E-state index is 11.6. The number of aliphatic hydroxyl groups is 1. The summed E-state index contributed by atoms with van der Waals surface area (Å²) in [5.74, 6) is 4.78. The number of hydrogen-bond donors (Lipinski definition) is 2. The fraction of sp³-hybridized carbons (Fsp3) is 0.357. The van der Waals surface area contributed by atoms with Crippen molar-refractivity contribution in [2.75, 3.05) is 12.9 Å². The predicted molar refractivity (Wildman–Crippen MR) is 76.6 cm³/mol. The minimum atomic E-state index is -3.38. The van der Waals surface area contributed by atoms with E-state index in [9.17, 15) is 13.2 Å². The van der Waals surface area contributed by atoms with E-state index in [1.54, 1.807) is 24.3 Å². The van der Waals surface area contributed by atoms with Crippen LogP contribution >= 0.6 is 0 Å². The summed E-state index contributed by atoms with van der Waals surface area (Å²) in [5, 5.41) is 10.1. The normalized spacial score (nSPS) is 12.2. The number of rotatable bonds is 4. The molecule has 2 N–H and O–H groups in total. The van der Waals surface area contributed by atoms with Crippen LogP contribution in [-0.4, -0.2) is 37.5 Å². The summed E-state index contributed by atoms with van der Waals surface area (Å²) in [5.41, 5.74) is 1.60. The lowest BCUT2D eigenvalue weighted by molar-refractivity contribution is -0.120. The lowest BCUT2D eigenvalue weighted by atomic mass is 10.1. The van der Waals surface area contributed by atoms with E-state index < -0.39 is 21.0 Å². The Bertz CT molecular complexity index is 623. The van der Waals surface area contributed by atoms with Gasteiger partial charge in [-0.3, -0.25) is 4.79 Å². The highest BCUT2D eigenvalue weighted by molar-refractivity contribution is 7.92. The molecule has 0 saturated heterocycles. The number of nitrogens with one attached hydrogen (secondary N) is 1. The molecule has 0 spiro atoms. The van der Waals surface area contributed by atoms with Gasteiger partial charge >= 0.3 is 0 Å². The summed E-state index contributed by atoms with van der Waals surface area (Å²) in [7, 11) is -3.38. The predicted octanol–water partition coefficient (Wildman–Crippen LogP) is 0.0797. The summed E-state index contributed by atoms with van der Waals surface area (Å²) >= 11 is 0. The van der Waals surface area contributed by atoms with E-state index in [0.717, 1.165) is 17.4 Å². The summed E-state index contributed by atoms with van der Waals surface area (Å²) < 4.78 is 22.5. The van der Waals surface area contributed by atoms with Gasteiger partial charge in [0.1, 0.15) is 11.9 Å². The second-order valence-corrected chi connectivity index (χ2v) is 6.71. The maximum atomic E-state index is 11.6. The average Bonchev–Trinajstić information content (AvgIpc) is 2.41. The van der Waals surface area contributed by atoms with Crippen molar-refractivity contribution in [1.82, 2.24) is 5.32 Å². The van der Waals surface area contributed by atoms with E-state index in [-0.39, 0.29) is 13.2 Å². The highest BCUT2D eigenvalue weighted by Crippen LogP contribution is 2.04. The van der Waals surface area contributed by atoms with Gasteiger partial charge in [-0.1, -0.05) is 24.0 Å². The molecule has 0 aliphatic heterocycles. The zero-order valence-electron chi connectivity index (χ0n) is 11.4. The van der Waals surface area contributed by atoms with Gasteiger partial charge in [-0.05, 0) is 24.6 Å². The first-order valence-electron chi connectivity index (χ1n) is 6.00. The highest BCUT2D eigenvalue weighted by Gasteiger charge is 2.22. The van der Waals surface area contributed by atoms with Gasteiger partial charge < -0.3 is 10.4 Å². The highest BCUT2D eigenvalue weighted by atomic mass is 32.2. The van der Waals surface area contributed by atoms with Crippen LogP contribution in [-0.2, 0) is 21.2 Å². The molecule has 20 heavy (non-hydrogen) atoms. The van der Waals surface area contributed by atoms with E-state index in [2.05, 4.69) is 17.2 Å². The quantitative estimate of drug-likeness (QED) is 0.771. The van der Waals surface area contributed by atoms with Gasteiger partial charge in [0, 0.05) is 18.4 Å². The Balaban J connectivity index is 2.60. The van der Waals surface area contributed by atoms with E-state index in [4.69, 9.17) is 5.11 Å². The second kappa shape index (κ2) is 7.08. The standard InChI is InChI=1S/C14H17NO4S/c1-11(20(2,18)19)14(17)15-10-13-7-5-12(6-8-13)4-3-9-16/h5-8,11,16H,9-10H2,1-2H3,(H,15,17). The fourth-order valence-corrected chi connectivity index (χ4v) is 1.85. The van der Waals surface area contributed by atoms with Crippen LogP contribution in [0.1, 0.15) is 18.1 Å². The summed E-state index contributed by atoms with van der Waals surface area (Å²) in [6.07, 6.45) is 1.03. The van der Waals surface area contributed by atoms with Crippen LogP contribution in [0.4, 0.5) is 0 Å². The van der Waals surface area contributed by atoms with Crippen LogP contribution in [0.25, 0.3) is 0 Å². The van der Waals surface area contributed by atoms with Gasteiger partial charge in [-0.2, -0.15) is 0 Å². The molecular formula is C14H17NO4S. The number of hydrogen-bond acceptors (Lipinski definition) is 4. The van der Waals surface area contributed by atoms with Gasteiger partial charge in [0.25, 0.3) is 0 Å². The summed E-state index contributed by atoms with van der Waals surface area (Å²) in [4.78, 5) is 11.6. The number of carbonyl (C=O) groups excluding carboxylic acids is 1. The van der Waals surface area contributed by atoms with Crippen molar-refractivity contribution in [2.45, 2.75) is 18.7 Å². The lowest BCUT2D eigenvalue weighted by Gasteiger charge is -2.10. The zero-order chi connectivity index (χ0) is 15.2. The molecule has 1 rings (SSSR count). The minimum absolute atomic E-state index is 0.193. The van der Waals surface area contributed by atoms with Crippen molar-refractivity contribution < 1.29 is 18.3 Å². The molecule has 1 unspecified atom stereocenters. The van der Waals surface area contributed by atoms with Gasteiger partial charge in [0.2, 0.25) is 5.91 Å². The molecule has 1 amide bonds. The lowest BCUT2D eigenvalue weighted by Crippen LogP contribution is -2.36. The van der Waals surface area contributed by atoms with Crippen molar-refractivity contribution in [3.05, 3.63) is 35.4 Å². The van der Waals surface area contributed by atoms with Gasteiger partial charge in [-0.15, -0.1) is 0 Å². The Morgan fingerprint density at radius 1 is 1.35 bits per heavy atom. The molecule has 6 heteroatoms. The fourth-order valence-electron chi connectivity index (χ4n) is 1.37. The average molecular weight is 295 g/mol. The van der Waals surface area contributed by atoms with Crippen molar-refractivity contribution in [3.8, 4) is 11.8 Å². The molecule has 0 saturated carbocycles. The topological polar surface area (TPSA) is 83.5 Å². The molecule has 1 aromatic carbocycles. The van der Waals surface area contributed by atoms with Gasteiger partial charge in [0.05, 0.1) is 0 Å². The van der Waals surface area contributed by atoms with Crippen LogP contribution < -0.4 is 5.32 Å². The van der Waals surface area contributed by atoms with Crippen molar-refractivity contribution >= 4 is 15.7 Å². The summed E-state index contributed by atoms with van der Waals surface area (Å²) in [6.45, 7) is 1.42. The first-order valence-corrected chi connectivity index (χ1v) is 7.95. The van der Waals surface area contributed by atoms with E-state index in [0.29, 0.717) is 0 Å². The molecule has 0 bridgehead atoms. The molecule has 5 nitrogen and oxygen atoms in total. The second-order valence-electron chi connectivity index (χ2n) is 4.35. The van der Waals surface area contributed by atoms with Gasteiger partial charge in [-0.25, -0.2) is 8.42 Å². The van der Waals surface area contributed by atoms with Crippen LogP contribution in [0.2, 0.25) is 0 Å². The molecule has 0 aliphatic rings. The molecule has 0 fully saturated rings. The van der Waals surface area contributed by atoms with E-state index >= 15 is 0 Å². The third-order valence-corrected chi connectivity index (χ3v) is 4.24. The Morgan fingerprint density at radius 2 is 1.95 bits per heavy atom. The number of amides is 1. The SMILES string of the molecule is CC(C(=O)NCc1ccc(C#CCO)cc1)S(C)(=O)=O. The Labute approximate surface area is 118 Å². The van der Waals surface area contributed by atoms with Crippen molar-refractivity contribution in [2.24, 2.45) is 0 Å². The number of benzene rings is 1. The third-order valence-electron chi connectivity index (χ3n) is 2.74. The molecule has 0 aliphatic carbocycles. The molecule has 0 radical (unpaired) electrons. The van der Waals surface area contributed by atoms with Crippen LogP contribution in [0.15, 0.2) is 24.3 Å². The smallest absolute Gasteiger partial charge is 0.238 e. The zero-order valence-corrected chi connectivity index (χ0v) is 12.2. The minimum Gasteiger partial charge on any atom is -0.384 e. The van der Waals surface area contributed by atoms with Crippen molar-refractivity contribution in [3.63, 3.8) is 0 Å². The Kier molecular flexibility index (Phi) is 5.74. The van der Waals surface area contributed by atoms with E-state index in [1.165, 1.54) is 6.92 Å². The largest absolute Gasteiger partial charge is 0.384 e. The molecule has 1 aromatic rings. The molecule has 1 atom stereocenters. The molecule has 0 heterocycles. The summed E-state index contributed by atoms with van der Waals surface area (Å²) in [6, 6.07) is 7.11. The number of aliphatic hydroxyl groups excluding tert-OH is 1. The first-order chi connectivity index (χ1) is 9.34. The molecular weight excluding hydrogens is 278 g/mol. The monoisotopic (exact) mass is 295 g/mol. The van der Waals surface area contributed by atoms with Crippen LogP contribution in [0, 0.1) is 11.8 Å². The molecule has 108 valence electrons. The maximum Gasteiger partial charge on any atom is 0.238 e. The first kappa shape index (κ1) is 16.2.